The van der Waals surface area contributed by atoms with E-state index in [1.54, 1.807) is 25.1 Å². The maximum Gasteiger partial charge on any atom is 0.362 e. The van der Waals surface area contributed by atoms with Gasteiger partial charge in [-0.25, -0.2) is 14.8 Å². The number of hydrogen-bond donors (Lipinski definition) is 2. The highest BCUT2D eigenvalue weighted by Crippen LogP contribution is 2.35. The van der Waals surface area contributed by atoms with Gasteiger partial charge in [0.05, 0.1) is 42.4 Å². The Morgan fingerprint density at radius 3 is 2.58 bits per heavy atom. The highest BCUT2D eigenvalue weighted by molar-refractivity contribution is 7.88. The van der Waals surface area contributed by atoms with E-state index >= 15 is 0 Å². The summed E-state index contributed by atoms with van der Waals surface area (Å²) >= 11 is 6.01. The standard InChI is InChI=1S/C19H25ClN4O6S/c1-6-29-23-19(25)14-11-21-18(20)10-16(14)22-15-8-7-13(30-12(2)3)9-17(15)24(4)31(26,27)28-5/h7-12H,6H2,1-5H3,(H,21,22)(H,23,25). The molecule has 2 N–H and O–H groups in total. The van der Waals surface area contributed by atoms with Gasteiger partial charge in [0.15, 0.2) is 0 Å². The third-order valence-electron chi connectivity index (χ3n) is 3.92. The minimum atomic E-state index is -4.06. The van der Waals surface area contributed by atoms with Crippen LogP contribution in [0.2, 0.25) is 5.15 Å². The second-order valence-electron chi connectivity index (χ2n) is 6.48. The molecule has 0 aliphatic rings. The molecular weight excluding hydrogens is 448 g/mol. The smallest absolute Gasteiger partial charge is 0.362 e. The third-order valence-corrected chi connectivity index (χ3v) is 5.42. The van der Waals surface area contributed by atoms with Crippen molar-refractivity contribution in [3.05, 3.63) is 41.2 Å². The van der Waals surface area contributed by atoms with Gasteiger partial charge in [0.2, 0.25) is 0 Å². The number of hydrogen-bond acceptors (Lipinski definition) is 8. The average Bonchev–Trinajstić information content (AvgIpc) is 2.72. The highest BCUT2D eigenvalue weighted by Gasteiger charge is 2.23. The lowest BCUT2D eigenvalue weighted by Crippen LogP contribution is -2.28. The first-order chi connectivity index (χ1) is 14.6. The van der Waals surface area contributed by atoms with Gasteiger partial charge >= 0.3 is 10.3 Å². The van der Waals surface area contributed by atoms with E-state index in [1.165, 1.54) is 19.3 Å². The van der Waals surface area contributed by atoms with Gasteiger partial charge in [-0.05, 0) is 39.0 Å². The van der Waals surface area contributed by atoms with E-state index in [1.807, 2.05) is 13.8 Å². The number of carbonyl (C=O) groups is 1. The maximum absolute atomic E-state index is 12.4. The molecule has 10 nitrogen and oxygen atoms in total. The summed E-state index contributed by atoms with van der Waals surface area (Å²) in [6, 6.07) is 6.27. The molecule has 2 aromatic rings. The summed E-state index contributed by atoms with van der Waals surface area (Å²) in [5.41, 5.74) is 3.30. The monoisotopic (exact) mass is 472 g/mol. The zero-order valence-electron chi connectivity index (χ0n) is 17.8. The van der Waals surface area contributed by atoms with E-state index in [4.69, 9.17) is 21.2 Å². The maximum atomic E-state index is 12.4. The van der Waals surface area contributed by atoms with Gasteiger partial charge in [0.25, 0.3) is 5.91 Å². The number of ether oxygens (including phenoxy) is 1. The molecule has 0 fully saturated rings. The number of nitrogens with one attached hydrogen (secondary N) is 2. The molecule has 0 unspecified atom stereocenters. The van der Waals surface area contributed by atoms with Crippen molar-refractivity contribution in [2.24, 2.45) is 0 Å². The molecule has 0 saturated carbocycles. The number of nitrogens with zero attached hydrogens (tertiary/aromatic N) is 2. The van der Waals surface area contributed by atoms with Gasteiger partial charge in [-0.15, -0.1) is 0 Å². The Labute approximate surface area is 186 Å². The van der Waals surface area contributed by atoms with Gasteiger partial charge in [-0.3, -0.25) is 13.8 Å². The molecule has 1 aromatic heterocycles. The predicted molar refractivity (Wildman–Crippen MR) is 118 cm³/mol. The van der Waals surface area contributed by atoms with E-state index < -0.39 is 16.2 Å². The molecule has 31 heavy (non-hydrogen) atoms. The van der Waals surface area contributed by atoms with E-state index in [0.717, 1.165) is 11.4 Å². The fourth-order valence-corrected chi connectivity index (χ4v) is 3.28. The van der Waals surface area contributed by atoms with Crippen molar-refractivity contribution in [3.8, 4) is 5.75 Å². The predicted octanol–water partition coefficient (Wildman–Crippen LogP) is 3.27. The molecule has 1 heterocycles. The average molecular weight is 473 g/mol. The minimum Gasteiger partial charge on any atom is -0.491 e. The Hall–Kier alpha value is -2.60. The van der Waals surface area contributed by atoms with Crippen LogP contribution in [0.15, 0.2) is 30.5 Å². The van der Waals surface area contributed by atoms with Crippen molar-refractivity contribution in [3.63, 3.8) is 0 Å². The van der Waals surface area contributed by atoms with Crippen LogP contribution in [-0.4, -0.2) is 46.2 Å². The molecule has 0 aliphatic carbocycles. The van der Waals surface area contributed by atoms with Crippen molar-refractivity contribution in [1.82, 2.24) is 10.5 Å². The molecular formula is C19H25ClN4O6S. The van der Waals surface area contributed by atoms with E-state index in [9.17, 15) is 13.2 Å². The number of pyridine rings is 1. The molecule has 12 heteroatoms. The normalized spacial score (nSPS) is 11.3. The zero-order chi connectivity index (χ0) is 23.2. The van der Waals surface area contributed by atoms with Gasteiger partial charge < -0.3 is 10.1 Å². The summed E-state index contributed by atoms with van der Waals surface area (Å²) < 4.78 is 35.9. The summed E-state index contributed by atoms with van der Waals surface area (Å²) in [7, 11) is -1.66. The summed E-state index contributed by atoms with van der Waals surface area (Å²) in [4.78, 5) is 21.3. The molecule has 0 aliphatic heterocycles. The van der Waals surface area contributed by atoms with Crippen molar-refractivity contribution < 1.29 is 27.0 Å². The van der Waals surface area contributed by atoms with E-state index in [-0.39, 0.29) is 29.1 Å². The first-order valence-electron chi connectivity index (χ1n) is 9.29. The Morgan fingerprint density at radius 2 is 1.97 bits per heavy atom. The van der Waals surface area contributed by atoms with Gasteiger partial charge in [0, 0.05) is 19.3 Å². The van der Waals surface area contributed by atoms with Crippen molar-refractivity contribution in [2.45, 2.75) is 26.9 Å². The van der Waals surface area contributed by atoms with Crippen LogP contribution in [0.4, 0.5) is 17.1 Å². The van der Waals surface area contributed by atoms with E-state index in [2.05, 4.69) is 20.0 Å². The van der Waals surface area contributed by atoms with Gasteiger partial charge in [0.1, 0.15) is 10.9 Å². The zero-order valence-corrected chi connectivity index (χ0v) is 19.4. The Bertz CT molecular complexity index is 1030. The van der Waals surface area contributed by atoms with Crippen LogP contribution in [0.5, 0.6) is 5.75 Å². The molecule has 1 amide bonds. The lowest BCUT2D eigenvalue weighted by Gasteiger charge is -2.23. The third kappa shape index (κ3) is 6.44. The molecule has 1 aromatic carbocycles. The Balaban J connectivity index is 2.54. The van der Waals surface area contributed by atoms with Gasteiger partial charge in [-0.1, -0.05) is 11.6 Å². The summed E-state index contributed by atoms with van der Waals surface area (Å²) in [6.45, 7) is 5.70. The molecule has 0 spiro atoms. The summed E-state index contributed by atoms with van der Waals surface area (Å²) in [6.07, 6.45) is 1.16. The van der Waals surface area contributed by atoms with Crippen molar-refractivity contribution >= 4 is 44.9 Å². The Morgan fingerprint density at radius 1 is 1.26 bits per heavy atom. The number of benzene rings is 1. The summed E-state index contributed by atoms with van der Waals surface area (Å²) in [5.74, 6) is -0.0940. The van der Waals surface area contributed by atoms with Crippen LogP contribution in [0, 0.1) is 0 Å². The van der Waals surface area contributed by atoms with Gasteiger partial charge in [-0.2, -0.15) is 8.42 Å². The SMILES string of the molecule is CCONC(=O)c1cnc(Cl)cc1Nc1ccc(OC(C)C)cc1N(C)S(=O)(=O)OC. The van der Waals surface area contributed by atoms with Crippen LogP contribution in [0.1, 0.15) is 31.1 Å². The number of hydroxylamine groups is 1. The number of rotatable bonds is 10. The quantitative estimate of drug-likeness (QED) is 0.399. The second kappa shape index (κ2) is 10.6. The number of halogens is 1. The number of carbonyl (C=O) groups excluding carboxylic acids is 1. The molecule has 0 radical (unpaired) electrons. The Kier molecular flexibility index (Phi) is 8.45. The number of amides is 1. The summed E-state index contributed by atoms with van der Waals surface area (Å²) in [5, 5.41) is 3.17. The lowest BCUT2D eigenvalue weighted by molar-refractivity contribution is 0.0365. The molecule has 170 valence electrons. The fraction of sp³-hybridized carbons (Fsp3) is 0.368. The topological polar surface area (TPSA) is 119 Å². The molecule has 2 rings (SSSR count). The van der Waals surface area contributed by atoms with Crippen molar-refractivity contribution in [2.75, 3.05) is 30.4 Å². The van der Waals surface area contributed by atoms with Crippen LogP contribution in [0.25, 0.3) is 0 Å². The first kappa shape index (κ1) is 24.7. The highest BCUT2D eigenvalue weighted by atomic mass is 35.5. The molecule has 0 saturated heterocycles. The second-order valence-corrected chi connectivity index (χ2v) is 8.60. The molecule has 0 atom stereocenters. The first-order valence-corrected chi connectivity index (χ1v) is 11.0. The van der Waals surface area contributed by atoms with Crippen LogP contribution in [0.3, 0.4) is 0 Å². The van der Waals surface area contributed by atoms with Crippen LogP contribution >= 0.6 is 11.6 Å². The van der Waals surface area contributed by atoms with Crippen LogP contribution in [-0.2, 0) is 19.3 Å². The molecule has 0 bridgehead atoms. The van der Waals surface area contributed by atoms with E-state index in [0.29, 0.717) is 17.1 Å². The van der Waals surface area contributed by atoms with Crippen LogP contribution < -0.4 is 19.8 Å². The lowest BCUT2D eigenvalue weighted by atomic mass is 10.2. The minimum absolute atomic E-state index is 0.121. The fourth-order valence-electron chi connectivity index (χ4n) is 2.51. The number of anilines is 3. The largest absolute Gasteiger partial charge is 0.491 e. The number of aromatic nitrogens is 1. The van der Waals surface area contributed by atoms with Crippen molar-refractivity contribution in [1.29, 1.82) is 0 Å².